The molecular formula is C22H15Cl2N3O3. The summed E-state index contributed by atoms with van der Waals surface area (Å²) in [5.74, 6) is -1.28. The molecule has 1 aromatic heterocycles. The predicted molar refractivity (Wildman–Crippen MR) is 116 cm³/mol. The molecule has 0 spiro atoms. The number of rotatable bonds is 1. The van der Waals surface area contributed by atoms with E-state index in [-0.39, 0.29) is 17.2 Å². The molecule has 0 radical (unpaired) electrons. The van der Waals surface area contributed by atoms with Gasteiger partial charge in [0.05, 0.1) is 17.2 Å². The van der Waals surface area contributed by atoms with E-state index in [2.05, 4.69) is 4.99 Å². The lowest BCUT2D eigenvalue weighted by Gasteiger charge is -2.30. The second kappa shape index (κ2) is 6.52. The Labute approximate surface area is 181 Å². The van der Waals surface area contributed by atoms with Crippen LogP contribution in [-0.4, -0.2) is 20.6 Å². The van der Waals surface area contributed by atoms with Gasteiger partial charge in [0.25, 0.3) is 5.56 Å². The number of Topliss-reactive ketones (excluding diaryl/α,β-unsaturated/α-hetero) is 1. The number of carbonyl (C=O) groups excluding carboxylic acids is 1. The van der Waals surface area contributed by atoms with Crippen molar-refractivity contribution in [2.24, 2.45) is 25.0 Å². The van der Waals surface area contributed by atoms with Crippen molar-refractivity contribution in [1.29, 1.82) is 0 Å². The summed E-state index contributed by atoms with van der Waals surface area (Å²) in [7, 11) is 2.98. The fourth-order valence-corrected chi connectivity index (χ4v) is 4.98. The summed E-state index contributed by atoms with van der Waals surface area (Å²) in [4.78, 5) is 43.9. The van der Waals surface area contributed by atoms with E-state index in [4.69, 9.17) is 23.2 Å². The zero-order valence-corrected chi connectivity index (χ0v) is 17.5. The quantitative estimate of drug-likeness (QED) is 0.582. The summed E-state index contributed by atoms with van der Waals surface area (Å²) in [6.45, 7) is 0. The molecule has 0 amide bonds. The molecule has 1 aliphatic heterocycles. The van der Waals surface area contributed by atoms with Gasteiger partial charge in [-0.05, 0) is 17.7 Å². The van der Waals surface area contributed by atoms with Crippen LogP contribution in [0, 0.1) is 5.92 Å². The molecule has 30 heavy (non-hydrogen) atoms. The summed E-state index contributed by atoms with van der Waals surface area (Å²) >= 11 is 12.6. The zero-order valence-electron chi connectivity index (χ0n) is 16.0. The van der Waals surface area contributed by atoms with Crippen molar-refractivity contribution in [1.82, 2.24) is 9.13 Å². The first-order valence-corrected chi connectivity index (χ1v) is 10.0. The summed E-state index contributed by atoms with van der Waals surface area (Å²) in [6.07, 6.45) is 0. The maximum Gasteiger partial charge on any atom is 0.332 e. The first-order valence-electron chi connectivity index (χ1n) is 9.28. The van der Waals surface area contributed by atoms with Gasteiger partial charge in [0, 0.05) is 41.2 Å². The lowest BCUT2D eigenvalue weighted by atomic mass is 9.76. The third-order valence-electron chi connectivity index (χ3n) is 5.88. The first kappa shape index (κ1) is 19.0. The van der Waals surface area contributed by atoms with E-state index in [0.717, 1.165) is 4.57 Å². The summed E-state index contributed by atoms with van der Waals surface area (Å²) in [5.41, 5.74) is 1.70. The van der Waals surface area contributed by atoms with Gasteiger partial charge >= 0.3 is 5.69 Å². The minimum Gasteiger partial charge on any atom is -0.293 e. The van der Waals surface area contributed by atoms with Gasteiger partial charge in [-0.3, -0.25) is 18.7 Å². The van der Waals surface area contributed by atoms with Crippen molar-refractivity contribution in [2.75, 3.05) is 0 Å². The molecule has 0 N–H and O–H groups in total. The SMILES string of the molecule is Cn1c2c(c(=O)n(C)c1=O)C(c1ccc(Cl)cc1Cl)C1C(=O)c3ccccc3C1=N2. The van der Waals surface area contributed by atoms with Crippen molar-refractivity contribution in [3.8, 4) is 0 Å². The highest BCUT2D eigenvalue weighted by molar-refractivity contribution is 6.35. The number of benzene rings is 2. The van der Waals surface area contributed by atoms with Crippen LogP contribution in [-0.2, 0) is 14.1 Å². The van der Waals surface area contributed by atoms with Crippen LogP contribution in [0.1, 0.15) is 33.0 Å². The van der Waals surface area contributed by atoms with Crippen LogP contribution in [0.15, 0.2) is 57.0 Å². The van der Waals surface area contributed by atoms with Crippen molar-refractivity contribution in [2.45, 2.75) is 5.92 Å². The molecule has 0 saturated carbocycles. The van der Waals surface area contributed by atoms with Gasteiger partial charge in [0.2, 0.25) is 0 Å². The van der Waals surface area contributed by atoms with Crippen LogP contribution in [0.3, 0.4) is 0 Å². The number of nitrogens with zero attached hydrogens (tertiary/aromatic N) is 3. The van der Waals surface area contributed by atoms with Gasteiger partial charge in [-0.15, -0.1) is 0 Å². The van der Waals surface area contributed by atoms with Crippen LogP contribution in [0.4, 0.5) is 5.82 Å². The smallest absolute Gasteiger partial charge is 0.293 e. The fourth-order valence-electron chi connectivity index (χ4n) is 4.46. The van der Waals surface area contributed by atoms with E-state index in [1.807, 2.05) is 12.1 Å². The standard InChI is InChI=1S/C22H15Cl2N3O3/c1-26-20-17(21(29)27(2)22(26)30)15(13-8-7-10(23)9-14(13)24)16-18(25-20)11-5-3-4-6-12(11)19(16)28/h3-9,15-16H,1-2H3. The second-order valence-corrected chi connectivity index (χ2v) is 8.31. The fraction of sp³-hybridized carbons (Fsp3) is 0.182. The van der Waals surface area contributed by atoms with Gasteiger partial charge in [-0.1, -0.05) is 53.5 Å². The molecule has 0 fully saturated rings. The number of halogens is 2. The number of hydrogen-bond donors (Lipinski definition) is 0. The molecular weight excluding hydrogens is 425 g/mol. The largest absolute Gasteiger partial charge is 0.332 e. The van der Waals surface area contributed by atoms with E-state index in [1.54, 1.807) is 37.4 Å². The van der Waals surface area contributed by atoms with Crippen molar-refractivity contribution in [3.63, 3.8) is 0 Å². The van der Waals surface area contributed by atoms with Crippen LogP contribution < -0.4 is 11.2 Å². The molecule has 6 nitrogen and oxygen atoms in total. The molecule has 8 heteroatoms. The normalized spacial score (nSPS) is 19.2. The Balaban J connectivity index is 1.92. The number of hydrogen-bond acceptors (Lipinski definition) is 4. The number of carbonyl (C=O) groups is 1. The van der Waals surface area contributed by atoms with Gasteiger partial charge in [0.15, 0.2) is 5.78 Å². The highest BCUT2D eigenvalue weighted by Gasteiger charge is 2.48. The molecule has 2 aliphatic rings. The average molecular weight is 440 g/mol. The third kappa shape index (κ3) is 2.44. The Hall–Kier alpha value is -2.96. The van der Waals surface area contributed by atoms with Crippen LogP contribution in [0.5, 0.6) is 0 Å². The average Bonchev–Trinajstić information content (AvgIpc) is 3.02. The van der Waals surface area contributed by atoms with E-state index in [0.29, 0.717) is 32.4 Å². The van der Waals surface area contributed by atoms with Crippen LogP contribution in [0.25, 0.3) is 0 Å². The summed E-state index contributed by atoms with van der Waals surface area (Å²) in [5, 5.41) is 0.794. The molecule has 2 atom stereocenters. The maximum absolute atomic E-state index is 13.4. The molecule has 5 rings (SSSR count). The van der Waals surface area contributed by atoms with Crippen molar-refractivity contribution >= 4 is 40.5 Å². The Kier molecular flexibility index (Phi) is 4.14. The molecule has 3 aromatic rings. The molecule has 2 aromatic carbocycles. The topological polar surface area (TPSA) is 73.4 Å². The predicted octanol–water partition coefficient (Wildman–Crippen LogP) is 3.47. The van der Waals surface area contributed by atoms with Crippen LogP contribution >= 0.6 is 23.2 Å². The highest BCUT2D eigenvalue weighted by atomic mass is 35.5. The lowest BCUT2D eigenvalue weighted by molar-refractivity contribution is 0.0953. The first-order chi connectivity index (χ1) is 14.3. The minimum atomic E-state index is -0.709. The van der Waals surface area contributed by atoms with Gasteiger partial charge in [0.1, 0.15) is 5.82 Å². The number of aliphatic imine (C=N–C) groups is 1. The van der Waals surface area contributed by atoms with Crippen LogP contribution in [0.2, 0.25) is 10.0 Å². The Morgan fingerprint density at radius 2 is 1.60 bits per heavy atom. The molecule has 150 valence electrons. The van der Waals surface area contributed by atoms with E-state index in [1.165, 1.54) is 11.6 Å². The Morgan fingerprint density at radius 3 is 2.30 bits per heavy atom. The second-order valence-electron chi connectivity index (χ2n) is 7.47. The maximum atomic E-state index is 13.4. The number of fused-ring (bicyclic) bond motifs is 4. The molecule has 2 unspecified atom stereocenters. The summed E-state index contributed by atoms with van der Waals surface area (Å²) in [6, 6.07) is 12.2. The van der Waals surface area contributed by atoms with Gasteiger partial charge < -0.3 is 0 Å². The lowest BCUT2D eigenvalue weighted by Crippen LogP contribution is -2.43. The van der Waals surface area contributed by atoms with Crippen molar-refractivity contribution in [3.05, 3.63) is 95.6 Å². The molecule has 0 saturated heterocycles. The number of aromatic nitrogens is 2. The third-order valence-corrected chi connectivity index (χ3v) is 6.44. The van der Waals surface area contributed by atoms with Gasteiger partial charge in [-0.25, -0.2) is 9.79 Å². The monoisotopic (exact) mass is 439 g/mol. The Bertz CT molecular complexity index is 1420. The summed E-state index contributed by atoms with van der Waals surface area (Å²) < 4.78 is 2.37. The van der Waals surface area contributed by atoms with E-state index < -0.39 is 23.1 Å². The number of ketones is 1. The Morgan fingerprint density at radius 1 is 0.900 bits per heavy atom. The molecule has 1 aliphatic carbocycles. The van der Waals surface area contributed by atoms with Gasteiger partial charge in [-0.2, -0.15) is 0 Å². The minimum absolute atomic E-state index is 0.123. The molecule has 0 bridgehead atoms. The van der Waals surface area contributed by atoms with Crippen molar-refractivity contribution < 1.29 is 4.79 Å². The van der Waals surface area contributed by atoms with E-state index in [9.17, 15) is 14.4 Å². The van der Waals surface area contributed by atoms with E-state index >= 15 is 0 Å². The molecule has 2 heterocycles. The highest BCUT2D eigenvalue weighted by Crippen LogP contribution is 2.48. The zero-order chi connectivity index (χ0) is 21.3.